The predicted octanol–water partition coefficient (Wildman–Crippen LogP) is -0.0926. The van der Waals surface area contributed by atoms with Crippen LogP contribution in [-0.4, -0.2) is 164 Å². The molecule has 3 radical (unpaired) electrons. The SMILES string of the molecule is CC(=O)OOC(C)=O.CC(C)(O)c1ccc(N2CCN(S(=O)(=O)c3cccs3)C[C@@H]2CN)cc1.CC(C)(O)c1ccc(N2CCN(S(=O)(=O)c3cccs3)C[C@@H]2CNC2COC2)cc1.O=C1COC1.[B-]OC(C)=O.[Na+]. The van der Waals surface area contributed by atoms with Crippen LogP contribution in [0, 0.1) is 0 Å². The molecular formula is C48H67BN6NaO15S4. The van der Waals surface area contributed by atoms with Crippen LogP contribution >= 0.6 is 22.7 Å². The molecule has 4 aliphatic heterocycles. The Balaban J connectivity index is 0.000000296. The van der Waals surface area contributed by atoms with Crippen molar-refractivity contribution in [2.24, 2.45) is 5.73 Å². The third-order valence-electron chi connectivity index (χ3n) is 11.4. The molecule has 4 aromatic rings. The molecule has 4 aliphatic rings. The molecule has 0 aliphatic carbocycles. The van der Waals surface area contributed by atoms with Gasteiger partial charge in [-0.2, -0.15) is 8.61 Å². The molecule has 21 nitrogen and oxygen atoms in total. The second kappa shape index (κ2) is 30.3. The van der Waals surface area contributed by atoms with Gasteiger partial charge in [-0.15, -0.1) is 22.7 Å². The Hall–Kier alpha value is -3.84. The number of rotatable bonds is 12. The predicted molar refractivity (Wildman–Crippen MR) is 280 cm³/mol. The number of hydrogen-bond donors (Lipinski definition) is 4. The van der Waals surface area contributed by atoms with Crippen LogP contribution in [0.25, 0.3) is 0 Å². The molecule has 0 unspecified atom stereocenters. The minimum atomic E-state index is -3.47. The summed E-state index contributed by atoms with van der Waals surface area (Å²) in [7, 11) is -2.61. The van der Waals surface area contributed by atoms with E-state index in [0.717, 1.165) is 36.3 Å². The number of nitrogens with one attached hydrogen (secondary N) is 1. The van der Waals surface area contributed by atoms with Crippen molar-refractivity contribution in [2.45, 2.75) is 86.2 Å². The van der Waals surface area contributed by atoms with Crippen LogP contribution in [0.4, 0.5) is 11.4 Å². The molecule has 27 heteroatoms. The molecule has 0 spiro atoms. The van der Waals surface area contributed by atoms with E-state index in [1.54, 1.807) is 67.0 Å². The minimum Gasteiger partial charge on any atom is -0.793 e. The molecule has 0 bridgehead atoms. The van der Waals surface area contributed by atoms with Gasteiger partial charge in [-0.25, -0.2) is 36.2 Å². The number of nitrogens with zero attached hydrogens (tertiary/aromatic N) is 4. The number of carbonyl (C=O) groups is 4. The summed E-state index contributed by atoms with van der Waals surface area (Å²) in [5.41, 5.74) is 7.89. The van der Waals surface area contributed by atoms with Gasteiger partial charge < -0.3 is 53.2 Å². The van der Waals surface area contributed by atoms with Crippen LogP contribution in [0.3, 0.4) is 0 Å². The van der Waals surface area contributed by atoms with Crippen LogP contribution in [0.5, 0.6) is 0 Å². The Morgan fingerprint density at radius 3 is 1.36 bits per heavy atom. The number of benzene rings is 2. The summed E-state index contributed by atoms with van der Waals surface area (Å²) < 4.78 is 68.8. The van der Waals surface area contributed by atoms with E-state index >= 15 is 0 Å². The Morgan fingerprint density at radius 1 is 0.693 bits per heavy atom. The van der Waals surface area contributed by atoms with E-state index < -0.39 is 49.2 Å². The van der Waals surface area contributed by atoms with Crippen LogP contribution in [0.15, 0.2) is 92.0 Å². The third kappa shape index (κ3) is 20.5. The summed E-state index contributed by atoms with van der Waals surface area (Å²) in [4.78, 5) is 51.0. The second-order valence-electron chi connectivity index (χ2n) is 18.2. The first-order valence-corrected chi connectivity index (χ1v) is 28.0. The van der Waals surface area contributed by atoms with Crippen molar-refractivity contribution >= 4 is 85.8 Å². The van der Waals surface area contributed by atoms with Crippen molar-refractivity contribution in [3.8, 4) is 0 Å². The third-order valence-corrected chi connectivity index (χ3v) is 17.9. The number of Topliss-reactive ketones (excluding diaryl/α,β-unsaturated/α-hetero) is 1. The standard InChI is InChI=1S/C21H29N3O4S2.C18H25N3O3S2.C4H6O4.C3H4O2.C2H3BO2.Na/c1-21(2,25)16-5-7-18(8-6-16)24-10-9-23(30(26,27)20-4-3-11-29-20)13-19(24)12-22-17-14-28-15-17;1-18(2,22)14-5-7-15(8-6-14)21-10-9-20(13-16(21)12-19)26(23,24)17-4-3-11-25-17;1-3(5)7-8-4(2)6;4-3-1-5-2-3;1-2(4)5-3;/h3-8,11,17,19,22,25H,9-10,12-15H2,1-2H3;3-8,11,16,22H,9-10,12-13,19H2,1-2H3;1-2H3;1-2H2;1H3;/q;;;;-1;+1/t19-;16-;;;;/m00..../s1. The number of aliphatic hydroxyl groups is 2. The Kier molecular flexibility index (Phi) is 26.5. The monoisotopic (exact) mass is 1130 g/mol. The van der Waals surface area contributed by atoms with E-state index in [9.17, 15) is 46.2 Å². The summed E-state index contributed by atoms with van der Waals surface area (Å²) in [6.45, 7) is 16.5. The average Bonchev–Trinajstić information content (AvgIpc) is 4.10. The van der Waals surface area contributed by atoms with Gasteiger partial charge in [-0.3, -0.25) is 9.59 Å². The van der Waals surface area contributed by atoms with Gasteiger partial charge in [-0.1, -0.05) is 36.4 Å². The maximum Gasteiger partial charge on any atom is 1.00 e. The first-order chi connectivity index (χ1) is 34.8. The summed E-state index contributed by atoms with van der Waals surface area (Å²) in [5, 5.41) is 27.4. The van der Waals surface area contributed by atoms with Crippen LogP contribution in [-0.2, 0) is 74.3 Å². The smallest absolute Gasteiger partial charge is 0.793 e. The zero-order chi connectivity index (χ0) is 54.9. The fraction of sp³-hybridized carbons (Fsp3) is 0.500. The zero-order valence-electron chi connectivity index (χ0n) is 43.6. The Bertz CT molecular complexity index is 2590. The molecule has 75 heavy (non-hydrogen) atoms. The summed E-state index contributed by atoms with van der Waals surface area (Å²) in [6.07, 6.45) is 0. The number of anilines is 2. The van der Waals surface area contributed by atoms with Crippen molar-refractivity contribution in [3.63, 3.8) is 0 Å². The molecule has 407 valence electrons. The van der Waals surface area contributed by atoms with Crippen LogP contribution in [0.1, 0.15) is 59.6 Å². The van der Waals surface area contributed by atoms with Gasteiger partial charge >= 0.3 is 41.5 Å². The van der Waals surface area contributed by atoms with E-state index in [0.29, 0.717) is 93.2 Å². The number of hydrogen-bond acceptors (Lipinski definition) is 21. The molecular weight excluding hydrogens is 1060 g/mol. The van der Waals surface area contributed by atoms with Gasteiger partial charge in [0.1, 0.15) is 21.6 Å². The molecule has 0 saturated carbocycles. The largest absolute Gasteiger partial charge is 1.00 e. The van der Waals surface area contributed by atoms with E-state index in [4.69, 9.17) is 10.5 Å². The van der Waals surface area contributed by atoms with Gasteiger partial charge in [-0.05, 0) is 86.0 Å². The van der Waals surface area contributed by atoms with Crippen molar-refractivity contribution in [1.29, 1.82) is 0 Å². The molecule has 8 rings (SSSR count). The van der Waals surface area contributed by atoms with Gasteiger partial charge in [0.25, 0.3) is 20.0 Å². The summed E-state index contributed by atoms with van der Waals surface area (Å²) >= 11 is 2.49. The molecule has 2 aromatic carbocycles. The number of nitrogens with two attached hydrogens (primary N) is 1. The van der Waals surface area contributed by atoms with Crippen molar-refractivity contribution in [1.82, 2.24) is 13.9 Å². The van der Waals surface area contributed by atoms with Crippen molar-refractivity contribution in [2.75, 3.05) is 88.6 Å². The number of ether oxygens (including phenoxy) is 2. The number of carbonyl (C=O) groups excluding carboxylic acids is 4. The molecule has 4 fully saturated rings. The van der Waals surface area contributed by atoms with Gasteiger partial charge in [0, 0.05) is 84.5 Å². The molecule has 2 atom stereocenters. The maximum atomic E-state index is 13.0. The molecule has 4 saturated heterocycles. The normalized spacial score (nSPS) is 18.2. The van der Waals surface area contributed by atoms with Crippen molar-refractivity contribution < 1.29 is 99.7 Å². The minimum absolute atomic E-state index is 0. The zero-order valence-corrected chi connectivity index (χ0v) is 48.8. The maximum absolute atomic E-state index is 13.0. The second-order valence-corrected chi connectivity index (χ2v) is 24.4. The fourth-order valence-corrected chi connectivity index (χ4v) is 12.5. The number of piperazine rings is 2. The quantitative estimate of drug-likeness (QED) is 0.0820. The molecule has 2 aromatic heterocycles. The molecule has 0 amide bonds. The Labute approximate surface area is 471 Å². The van der Waals surface area contributed by atoms with Gasteiger partial charge in [0.15, 0.2) is 5.78 Å². The fourth-order valence-electron chi connectivity index (χ4n) is 7.30. The number of sulfonamides is 2. The number of ketones is 1. The molecule has 6 heterocycles. The van der Waals surface area contributed by atoms with Gasteiger partial charge in [0.05, 0.1) is 42.5 Å². The average molecular weight is 1130 g/mol. The van der Waals surface area contributed by atoms with Crippen LogP contribution in [0.2, 0.25) is 0 Å². The first-order valence-electron chi connectivity index (χ1n) is 23.4. The first kappa shape index (κ1) is 65.4. The topological polar surface area (TPSA) is 274 Å². The molecule has 5 N–H and O–H groups in total. The number of thiophene rings is 2. The van der Waals surface area contributed by atoms with E-state index in [1.807, 2.05) is 48.5 Å². The van der Waals surface area contributed by atoms with Crippen molar-refractivity contribution in [3.05, 3.63) is 94.7 Å². The Morgan fingerprint density at radius 2 is 1.08 bits per heavy atom. The summed E-state index contributed by atoms with van der Waals surface area (Å²) in [5.74, 6) is -1.53. The van der Waals surface area contributed by atoms with Crippen LogP contribution < -0.4 is 50.4 Å². The summed E-state index contributed by atoms with van der Waals surface area (Å²) in [6, 6.07) is 22.7. The van der Waals surface area contributed by atoms with E-state index in [1.165, 1.54) is 33.9 Å². The van der Waals surface area contributed by atoms with E-state index in [-0.39, 0.29) is 47.4 Å². The van der Waals surface area contributed by atoms with Gasteiger partial charge in [0.2, 0.25) is 5.97 Å². The van der Waals surface area contributed by atoms with E-state index in [2.05, 4.69) is 42.3 Å².